The van der Waals surface area contributed by atoms with Crippen molar-refractivity contribution in [2.45, 2.75) is 39.7 Å². The van der Waals surface area contributed by atoms with E-state index in [1.807, 2.05) is 55.5 Å². The summed E-state index contributed by atoms with van der Waals surface area (Å²) in [5.74, 6) is 0.507. The molecular formula is C26H29N3O3S. The van der Waals surface area contributed by atoms with Gasteiger partial charge in [0.05, 0.1) is 23.9 Å². The Morgan fingerprint density at radius 3 is 2.70 bits per heavy atom. The van der Waals surface area contributed by atoms with E-state index in [1.165, 1.54) is 5.56 Å². The topological polar surface area (TPSA) is 71.0 Å². The SMILES string of the molecule is CCOC(=O)C1=C(C)N=C2SCCCN2C1c1cccc(NC(=O)c2ccc(CC)cc2)c1. The molecule has 4 rings (SSSR count). The van der Waals surface area contributed by atoms with Crippen molar-refractivity contribution in [1.29, 1.82) is 0 Å². The molecule has 6 nitrogen and oxygen atoms in total. The van der Waals surface area contributed by atoms with Crippen LogP contribution in [0.5, 0.6) is 0 Å². The van der Waals surface area contributed by atoms with Crippen LogP contribution in [0.2, 0.25) is 0 Å². The van der Waals surface area contributed by atoms with Gasteiger partial charge in [-0.1, -0.05) is 43.0 Å². The molecular weight excluding hydrogens is 434 g/mol. The maximum Gasteiger partial charge on any atom is 0.338 e. The van der Waals surface area contributed by atoms with Gasteiger partial charge >= 0.3 is 5.97 Å². The first-order valence-corrected chi connectivity index (χ1v) is 12.4. The number of carbonyl (C=O) groups excluding carboxylic acids is 2. The van der Waals surface area contributed by atoms with Crippen molar-refractivity contribution in [2.75, 3.05) is 24.2 Å². The van der Waals surface area contributed by atoms with Gasteiger partial charge in [0.15, 0.2) is 5.17 Å². The minimum absolute atomic E-state index is 0.161. The van der Waals surface area contributed by atoms with Crippen molar-refractivity contribution in [3.05, 3.63) is 76.5 Å². The van der Waals surface area contributed by atoms with Gasteiger partial charge in [-0.05, 0) is 62.1 Å². The Morgan fingerprint density at radius 1 is 1.18 bits per heavy atom. The van der Waals surface area contributed by atoms with Crippen molar-refractivity contribution in [3.63, 3.8) is 0 Å². The van der Waals surface area contributed by atoms with Crippen LogP contribution in [-0.2, 0) is 16.0 Å². The van der Waals surface area contributed by atoms with Crippen molar-refractivity contribution in [3.8, 4) is 0 Å². The molecule has 2 aliphatic heterocycles. The Hall–Kier alpha value is -3.06. The van der Waals surface area contributed by atoms with Crippen molar-refractivity contribution in [2.24, 2.45) is 4.99 Å². The van der Waals surface area contributed by atoms with Crippen molar-refractivity contribution >= 4 is 34.5 Å². The number of thioether (sulfide) groups is 1. The van der Waals surface area contributed by atoms with Crippen LogP contribution in [-0.4, -0.2) is 40.8 Å². The number of ether oxygens (including phenoxy) is 1. The van der Waals surface area contributed by atoms with Gasteiger partial charge in [0, 0.05) is 23.5 Å². The number of rotatable bonds is 6. The highest BCUT2D eigenvalue weighted by Crippen LogP contribution is 2.40. The van der Waals surface area contributed by atoms with Crippen molar-refractivity contribution < 1.29 is 14.3 Å². The van der Waals surface area contributed by atoms with Gasteiger partial charge in [-0.25, -0.2) is 9.79 Å². The number of amidine groups is 1. The smallest absolute Gasteiger partial charge is 0.338 e. The highest BCUT2D eigenvalue weighted by atomic mass is 32.2. The molecule has 1 N–H and O–H groups in total. The standard InChI is InChI=1S/C26H29N3O3S/c1-4-18-10-12-19(13-11-18)24(30)28-21-9-6-8-20(16-21)23-22(25(31)32-5-2)17(3)27-26-29(23)14-7-15-33-26/h6,8-13,16,23H,4-5,7,14-15H2,1-3H3,(H,28,30). The van der Waals surface area contributed by atoms with Gasteiger partial charge < -0.3 is 15.0 Å². The van der Waals surface area contributed by atoms with Crippen LogP contribution >= 0.6 is 11.8 Å². The van der Waals surface area contributed by atoms with E-state index < -0.39 is 0 Å². The molecule has 2 aromatic rings. The summed E-state index contributed by atoms with van der Waals surface area (Å²) < 4.78 is 5.39. The first-order valence-electron chi connectivity index (χ1n) is 11.4. The van der Waals surface area contributed by atoms with Crippen LogP contribution in [0.25, 0.3) is 0 Å². The number of hydrogen-bond donors (Lipinski definition) is 1. The number of aliphatic imine (C=N–C) groups is 1. The fourth-order valence-electron chi connectivity index (χ4n) is 4.17. The van der Waals surface area contributed by atoms with Crippen LogP contribution in [0.1, 0.15) is 54.7 Å². The third kappa shape index (κ3) is 4.98. The Morgan fingerprint density at radius 2 is 1.97 bits per heavy atom. The lowest BCUT2D eigenvalue weighted by Gasteiger charge is -2.40. The van der Waals surface area contributed by atoms with Gasteiger partial charge in [-0.3, -0.25) is 4.79 Å². The van der Waals surface area contributed by atoms with Crippen LogP contribution in [0.3, 0.4) is 0 Å². The molecule has 0 bridgehead atoms. The van der Waals surface area contributed by atoms with Crippen LogP contribution in [0, 0.1) is 0 Å². The highest BCUT2D eigenvalue weighted by Gasteiger charge is 2.37. The van der Waals surface area contributed by atoms with E-state index in [-0.39, 0.29) is 17.9 Å². The molecule has 2 aromatic carbocycles. The summed E-state index contributed by atoms with van der Waals surface area (Å²) in [7, 11) is 0. The van der Waals surface area contributed by atoms with Gasteiger partial charge in [-0.15, -0.1) is 0 Å². The van der Waals surface area contributed by atoms with E-state index in [1.54, 1.807) is 18.7 Å². The van der Waals surface area contributed by atoms with Crippen molar-refractivity contribution in [1.82, 2.24) is 4.90 Å². The normalized spacial score (nSPS) is 17.8. The number of carbonyl (C=O) groups is 2. The Balaban J connectivity index is 1.65. The second-order valence-corrected chi connectivity index (χ2v) is 9.10. The molecule has 7 heteroatoms. The lowest BCUT2D eigenvalue weighted by molar-refractivity contribution is -0.139. The van der Waals surface area contributed by atoms with E-state index in [4.69, 9.17) is 9.73 Å². The molecule has 1 atom stereocenters. The molecule has 1 fully saturated rings. The third-order valence-electron chi connectivity index (χ3n) is 5.84. The summed E-state index contributed by atoms with van der Waals surface area (Å²) in [6.45, 7) is 6.88. The molecule has 0 aliphatic carbocycles. The number of esters is 1. The summed E-state index contributed by atoms with van der Waals surface area (Å²) in [5, 5.41) is 3.94. The zero-order valence-electron chi connectivity index (χ0n) is 19.3. The number of amides is 1. The van der Waals surface area contributed by atoms with E-state index >= 15 is 0 Å². The second kappa shape index (κ2) is 10.3. The Labute approximate surface area is 199 Å². The maximum atomic E-state index is 12.9. The summed E-state index contributed by atoms with van der Waals surface area (Å²) >= 11 is 1.71. The monoisotopic (exact) mass is 463 g/mol. The molecule has 0 spiro atoms. The van der Waals surface area contributed by atoms with E-state index in [0.29, 0.717) is 29.1 Å². The highest BCUT2D eigenvalue weighted by molar-refractivity contribution is 8.13. The fourth-order valence-corrected chi connectivity index (χ4v) is 5.19. The van der Waals surface area contributed by atoms with Crippen LogP contribution < -0.4 is 5.32 Å². The first kappa shape index (κ1) is 23.1. The zero-order chi connectivity index (χ0) is 23.4. The number of allylic oxidation sites excluding steroid dienone is 1. The van der Waals surface area contributed by atoms with Gasteiger partial charge in [-0.2, -0.15) is 0 Å². The molecule has 0 radical (unpaired) electrons. The predicted octanol–water partition coefficient (Wildman–Crippen LogP) is 5.19. The van der Waals surface area contributed by atoms with Gasteiger partial charge in [0.25, 0.3) is 5.91 Å². The summed E-state index contributed by atoms with van der Waals surface area (Å²) in [5.41, 5.74) is 4.65. The molecule has 0 aromatic heterocycles. The molecule has 1 unspecified atom stereocenters. The largest absolute Gasteiger partial charge is 0.463 e. The Kier molecular flexibility index (Phi) is 7.18. The second-order valence-electron chi connectivity index (χ2n) is 8.04. The van der Waals surface area contributed by atoms with Crippen LogP contribution in [0.15, 0.2) is 64.8 Å². The molecule has 172 valence electrons. The van der Waals surface area contributed by atoms with E-state index in [9.17, 15) is 9.59 Å². The number of nitrogens with one attached hydrogen (secondary N) is 1. The number of anilines is 1. The molecule has 1 saturated heterocycles. The minimum atomic E-state index is -0.344. The van der Waals surface area contributed by atoms with E-state index in [0.717, 1.165) is 35.9 Å². The summed E-state index contributed by atoms with van der Waals surface area (Å²) in [6, 6.07) is 15.0. The molecule has 0 saturated carbocycles. The maximum absolute atomic E-state index is 12.9. The number of aryl methyl sites for hydroxylation is 1. The first-order chi connectivity index (χ1) is 16.0. The predicted molar refractivity (Wildman–Crippen MR) is 134 cm³/mol. The van der Waals surface area contributed by atoms with Gasteiger partial charge in [0.2, 0.25) is 0 Å². The molecule has 2 aliphatic rings. The number of hydrogen-bond acceptors (Lipinski definition) is 6. The number of benzene rings is 2. The van der Waals surface area contributed by atoms with E-state index in [2.05, 4.69) is 17.1 Å². The minimum Gasteiger partial charge on any atom is -0.463 e. The van der Waals surface area contributed by atoms with Gasteiger partial charge in [0.1, 0.15) is 0 Å². The quantitative estimate of drug-likeness (QED) is 0.597. The fraction of sp³-hybridized carbons (Fsp3) is 0.346. The summed E-state index contributed by atoms with van der Waals surface area (Å²) in [4.78, 5) is 32.6. The molecule has 1 amide bonds. The lowest BCUT2D eigenvalue weighted by atomic mass is 9.94. The molecule has 33 heavy (non-hydrogen) atoms. The average molecular weight is 464 g/mol. The number of fused-ring (bicyclic) bond motifs is 1. The Bertz CT molecular complexity index is 1110. The van der Waals surface area contributed by atoms with Crippen LogP contribution in [0.4, 0.5) is 5.69 Å². The molecule has 2 heterocycles. The zero-order valence-corrected chi connectivity index (χ0v) is 20.1. The number of nitrogens with zero attached hydrogens (tertiary/aromatic N) is 2. The lowest BCUT2D eigenvalue weighted by Crippen LogP contribution is -2.42. The average Bonchev–Trinajstić information content (AvgIpc) is 2.83. The summed E-state index contributed by atoms with van der Waals surface area (Å²) in [6.07, 6.45) is 1.95. The third-order valence-corrected chi connectivity index (χ3v) is 6.92.